The number of hydrogen-bond acceptors (Lipinski definition) is 8. The number of methoxy groups -OCH3 is 1. The van der Waals surface area contributed by atoms with Crippen LogP contribution in [-0.2, 0) is 33.4 Å². The zero-order valence-electron chi connectivity index (χ0n) is 18.0. The molecular formula is C23H26O8. The molecule has 0 spiro atoms. The summed E-state index contributed by atoms with van der Waals surface area (Å²) in [6, 6.07) is 1.74. The van der Waals surface area contributed by atoms with Gasteiger partial charge < -0.3 is 18.6 Å². The standard InChI is InChI=1S/C23H26O8/c1-12(24)30-18-16(25)9-15(20(26)28-4)22(2)7-5-14-21(27)31-17(13-6-8-29-11-13)10-23(14,3)19(18)22/h6,8-9,11,14,17-19H,5,7,10H2,1-4H3. The molecule has 3 aliphatic rings. The lowest BCUT2D eigenvalue weighted by Gasteiger charge is -2.60. The molecule has 4 rings (SSSR count). The Morgan fingerprint density at radius 2 is 1.97 bits per heavy atom. The summed E-state index contributed by atoms with van der Waals surface area (Å²) in [5.41, 5.74) is -0.611. The number of ketones is 1. The van der Waals surface area contributed by atoms with Gasteiger partial charge in [0.15, 0.2) is 11.9 Å². The van der Waals surface area contributed by atoms with Crippen molar-refractivity contribution in [3.8, 4) is 0 Å². The van der Waals surface area contributed by atoms with Crippen LogP contribution in [-0.4, -0.2) is 36.9 Å². The number of esters is 3. The minimum Gasteiger partial charge on any atom is -0.472 e. The molecule has 1 aromatic rings. The molecule has 6 atom stereocenters. The summed E-state index contributed by atoms with van der Waals surface area (Å²) in [5, 5.41) is 0. The van der Waals surface area contributed by atoms with Gasteiger partial charge in [-0.25, -0.2) is 4.79 Å². The number of furan rings is 1. The van der Waals surface area contributed by atoms with E-state index in [2.05, 4.69) is 0 Å². The first-order valence-electron chi connectivity index (χ1n) is 10.4. The molecule has 0 amide bonds. The van der Waals surface area contributed by atoms with Crippen LogP contribution >= 0.6 is 0 Å². The summed E-state index contributed by atoms with van der Waals surface area (Å²) in [4.78, 5) is 50.6. The summed E-state index contributed by atoms with van der Waals surface area (Å²) >= 11 is 0. The van der Waals surface area contributed by atoms with Gasteiger partial charge in [-0.3, -0.25) is 14.4 Å². The van der Waals surface area contributed by atoms with E-state index in [1.807, 2.05) is 13.8 Å². The van der Waals surface area contributed by atoms with E-state index in [9.17, 15) is 19.2 Å². The number of carbonyl (C=O) groups is 4. The summed E-state index contributed by atoms with van der Waals surface area (Å²) in [6.45, 7) is 5.06. The van der Waals surface area contributed by atoms with Crippen molar-refractivity contribution >= 4 is 23.7 Å². The fraction of sp³-hybridized carbons (Fsp3) is 0.565. The fourth-order valence-electron chi connectivity index (χ4n) is 6.08. The molecule has 1 saturated carbocycles. The molecule has 0 aromatic carbocycles. The molecule has 2 aliphatic carbocycles. The Morgan fingerprint density at radius 1 is 1.23 bits per heavy atom. The summed E-state index contributed by atoms with van der Waals surface area (Å²) in [7, 11) is 1.27. The molecule has 166 valence electrons. The monoisotopic (exact) mass is 430 g/mol. The van der Waals surface area contributed by atoms with Crippen LogP contribution in [0, 0.1) is 22.7 Å². The first-order valence-corrected chi connectivity index (χ1v) is 10.4. The van der Waals surface area contributed by atoms with Gasteiger partial charge in [0.2, 0.25) is 0 Å². The number of ether oxygens (including phenoxy) is 3. The number of carbonyl (C=O) groups excluding carboxylic acids is 4. The van der Waals surface area contributed by atoms with E-state index in [1.165, 1.54) is 32.6 Å². The molecule has 8 heteroatoms. The van der Waals surface area contributed by atoms with Crippen LogP contribution in [0.4, 0.5) is 0 Å². The zero-order valence-corrected chi connectivity index (χ0v) is 18.0. The third-order valence-corrected chi connectivity index (χ3v) is 7.41. The van der Waals surface area contributed by atoms with Gasteiger partial charge in [0.05, 0.1) is 25.6 Å². The second-order valence-electron chi connectivity index (χ2n) is 9.16. The molecule has 8 nitrogen and oxygen atoms in total. The van der Waals surface area contributed by atoms with E-state index >= 15 is 0 Å². The van der Waals surface area contributed by atoms with Crippen molar-refractivity contribution in [1.29, 1.82) is 0 Å². The van der Waals surface area contributed by atoms with Gasteiger partial charge in [0.1, 0.15) is 6.10 Å². The third kappa shape index (κ3) is 3.20. The van der Waals surface area contributed by atoms with Gasteiger partial charge >= 0.3 is 17.9 Å². The van der Waals surface area contributed by atoms with Crippen molar-refractivity contribution in [3.05, 3.63) is 35.8 Å². The summed E-state index contributed by atoms with van der Waals surface area (Å²) in [5.74, 6) is -3.10. The van der Waals surface area contributed by atoms with Crippen molar-refractivity contribution in [2.24, 2.45) is 22.7 Å². The number of cyclic esters (lactones) is 1. The minimum absolute atomic E-state index is 0.256. The van der Waals surface area contributed by atoms with E-state index in [0.29, 0.717) is 19.3 Å². The highest BCUT2D eigenvalue weighted by Crippen LogP contribution is 2.64. The first kappa shape index (κ1) is 21.3. The topological polar surface area (TPSA) is 109 Å². The van der Waals surface area contributed by atoms with Gasteiger partial charge in [0.25, 0.3) is 0 Å². The lowest BCUT2D eigenvalue weighted by molar-refractivity contribution is -0.205. The van der Waals surface area contributed by atoms with Crippen molar-refractivity contribution in [3.63, 3.8) is 0 Å². The van der Waals surface area contributed by atoms with Gasteiger partial charge in [0, 0.05) is 29.4 Å². The Kier molecular flexibility index (Phi) is 5.06. The average molecular weight is 430 g/mol. The van der Waals surface area contributed by atoms with Gasteiger partial charge in [-0.2, -0.15) is 0 Å². The van der Waals surface area contributed by atoms with Crippen molar-refractivity contribution in [2.45, 2.75) is 52.2 Å². The molecule has 31 heavy (non-hydrogen) atoms. The van der Waals surface area contributed by atoms with Crippen LogP contribution in [0.1, 0.15) is 51.7 Å². The Balaban J connectivity index is 1.86. The van der Waals surface area contributed by atoms with Crippen LogP contribution < -0.4 is 0 Å². The van der Waals surface area contributed by atoms with Crippen molar-refractivity contribution in [1.82, 2.24) is 0 Å². The Morgan fingerprint density at radius 3 is 2.58 bits per heavy atom. The highest BCUT2D eigenvalue weighted by Gasteiger charge is 2.66. The zero-order chi connectivity index (χ0) is 22.6. The minimum atomic E-state index is -1.10. The molecule has 0 radical (unpaired) electrons. The normalized spacial score (nSPS) is 37.1. The molecule has 2 heterocycles. The molecule has 1 aromatic heterocycles. The quantitative estimate of drug-likeness (QED) is 0.532. The number of rotatable bonds is 3. The Bertz CT molecular complexity index is 960. The lowest BCUT2D eigenvalue weighted by atomic mass is 9.45. The predicted octanol–water partition coefficient (Wildman–Crippen LogP) is 2.92. The summed E-state index contributed by atoms with van der Waals surface area (Å²) < 4.78 is 21.4. The second kappa shape index (κ2) is 7.35. The van der Waals surface area contributed by atoms with E-state index in [1.54, 1.807) is 6.07 Å². The smallest absolute Gasteiger partial charge is 0.334 e. The highest BCUT2D eigenvalue weighted by atomic mass is 16.6. The summed E-state index contributed by atoms with van der Waals surface area (Å²) in [6.07, 6.45) is 3.96. The molecule has 6 unspecified atom stereocenters. The van der Waals surface area contributed by atoms with Crippen LogP contribution in [0.2, 0.25) is 0 Å². The molecule has 2 fully saturated rings. The maximum absolute atomic E-state index is 13.1. The van der Waals surface area contributed by atoms with Crippen LogP contribution in [0.15, 0.2) is 34.7 Å². The predicted molar refractivity (Wildman–Crippen MR) is 105 cm³/mol. The number of fused-ring (bicyclic) bond motifs is 3. The van der Waals surface area contributed by atoms with E-state index in [-0.39, 0.29) is 11.5 Å². The van der Waals surface area contributed by atoms with E-state index in [4.69, 9.17) is 18.6 Å². The molecule has 0 N–H and O–H groups in total. The van der Waals surface area contributed by atoms with Crippen LogP contribution in [0.5, 0.6) is 0 Å². The fourth-order valence-corrected chi connectivity index (χ4v) is 6.08. The van der Waals surface area contributed by atoms with Crippen molar-refractivity contribution < 1.29 is 37.8 Å². The van der Waals surface area contributed by atoms with Gasteiger partial charge in [-0.15, -0.1) is 0 Å². The maximum atomic E-state index is 13.1. The Hall–Kier alpha value is -2.90. The SMILES string of the molecule is COC(=O)C1=CC(=O)C(OC(C)=O)C2C1(C)CCC1C(=O)OC(c3ccoc3)CC12C. The first-order chi connectivity index (χ1) is 14.6. The van der Waals surface area contributed by atoms with Crippen LogP contribution in [0.25, 0.3) is 0 Å². The van der Waals surface area contributed by atoms with E-state index < -0.39 is 52.6 Å². The van der Waals surface area contributed by atoms with Gasteiger partial charge in [-0.05, 0) is 36.8 Å². The highest BCUT2D eigenvalue weighted by molar-refractivity contribution is 6.05. The average Bonchev–Trinajstić information content (AvgIpc) is 3.23. The van der Waals surface area contributed by atoms with Crippen LogP contribution in [0.3, 0.4) is 0 Å². The number of hydrogen-bond donors (Lipinski definition) is 0. The van der Waals surface area contributed by atoms with Gasteiger partial charge in [-0.1, -0.05) is 13.8 Å². The Labute approximate surface area is 179 Å². The molecule has 1 saturated heterocycles. The maximum Gasteiger partial charge on any atom is 0.334 e. The molecule has 0 bridgehead atoms. The lowest BCUT2D eigenvalue weighted by Crippen LogP contribution is -2.62. The second-order valence-corrected chi connectivity index (χ2v) is 9.16. The largest absolute Gasteiger partial charge is 0.472 e. The molecule has 1 aliphatic heterocycles. The van der Waals surface area contributed by atoms with E-state index in [0.717, 1.165) is 5.56 Å². The van der Waals surface area contributed by atoms with Crippen molar-refractivity contribution in [2.75, 3.05) is 7.11 Å². The molecular weight excluding hydrogens is 404 g/mol. The third-order valence-electron chi connectivity index (χ3n) is 7.41.